The van der Waals surface area contributed by atoms with Gasteiger partial charge in [-0.05, 0) is 20.3 Å². The molecule has 0 spiro atoms. The van der Waals surface area contributed by atoms with E-state index < -0.39 is 67.4 Å². The van der Waals surface area contributed by atoms with Crippen LogP contribution in [0.2, 0.25) is 0 Å². The summed E-state index contributed by atoms with van der Waals surface area (Å²) in [5.41, 5.74) is 0.331. The highest BCUT2D eigenvalue weighted by atomic mass is 16.8. The van der Waals surface area contributed by atoms with Gasteiger partial charge in [-0.3, -0.25) is 0 Å². The van der Waals surface area contributed by atoms with Crippen LogP contribution in [0.25, 0.3) is 0 Å². The molecule has 11 nitrogen and oxygen atoms in total. The number of ether oxygens (including phenoxy) is 4. The summed E-state index contributed by atoms with van der Waals surface area (Å²) in [6.07, 6.45) is -4.57. The van der Waals surface area contributed by atoms with Crippen molar-refractivity contribution in [2.45, 2.75) is 57.3 Å². The zero-order valence-corrected chi connectivity index (χ0v) is 17.9. The molecule has 180 valence electrons. The van der Waals surface area contributed by atoms with E-state index in [-0.39, 0.29) is 18.6 Å². The Balaban J connectivity index is 2.16. The van der Waals surface area contributed by atoms with Crippen molar-refractivity contribution in [3.8, 4) is 0 Å². The van der Waals surface area contributed by atoms with Gasteiger partial charge in [0.15, 0.2) is 6.29 Å². The van der Waals surface area contributed by atoms with Gasteiger partial charge in [-0.15, -0.1) is 6.58 Å². The smallest absolute Gasteiger partial charge is 0.334 e. The van der Waals surface area contributed by atoms with Crippen LogP contribution in [0.15, 0.2) is 36.1 Å². The van der Waals surface area contributed by atoms with Gasteiger partial charge in [0.1, 0.15) is 24.4 Å². The summed E-state index contributed by atoms with van der Waals surface area (Å²) >= 11 is 0. The van der Waals surface area contributed by atoms with Gasteiger partial charge >= 0.3 is 11.9 Å². The molecule has 1 saturated heterocycles. The Morgan fingerprint density at radius 2 is 1.88 bits per heavy atom. The quantitative estimate of drug-likeness (QED) is 0.170. The first-order valence-electron chi connectivity index (χ1n) is 10.1. The van der Waals surface area contributed by atoms with Crippen LogP contribution in [0.1, 0.15) is 20.3 Å². The maximum absolute atomic E-state index is 11.9. The minimum Gasteiger partial charge on any atom is -0.478 e. The fourth-order valence-corrected chi connectivity index (χ4v) is 3.49. The average molecular weight is 458 g/mol. The van der Waals surface area contributed by atoms with Crippen LogP contribution in [-0.4, -0.2) is 87.7 Å². The Morgan fingerprint density at radius 1 is 1.19 bits per heavy atom. The minimum atomic E-state index is -1.66. The van der Waals surface area contributed by atoms with Crippen LogP contribution in [0.5, 0.6) is 0 Å². The lowest BCUT2D eigenvalue weighted by Crippen LogP contribution is -2.60. The molecule has 1 fully saturated rings. The number of carboxylic acid groups (broad SMARTS) is 1. The molecule has 0 aromatic heterocycles. The molecule has 2 aliphatic heterocycles. The predicted octanol–water partition coefficient (Wildman–Crippen LogP) is -0.554. The number of aliphatic carboxylic acids is 1. The second-order valence-electron chi connectivity index (χ2n) is 7.53. The third kappa shape index (κ3) is 5.74. The Labute approximate surface area is 185 Å². The van der Waals surface area contributed by atoms with Crippen molar-refractivity contribution in [1.29, 1.82) is 0 Å². The van der Waals surface area contributed by atoms with E-state index >= 15 is 0 Å². The van der Waals surface area contributed by atoms with Crippen molar-refractivity contribution >= 4 is 11.9 Å². The predicted molar refractivity (Wildman–Crippen MR) is 108 cm³/mol. The van der Waals surface area contributed by atoms with Gasteiger partial charge in [0, 0.05) is 17.4 Å². The van der Waals surface area contributed by atoms with Gasteiger partial charge in [-0.2, -0.15) is 0 Å². The van der Waals surface area contributed by atoms with Crippen molar-refractivity contribution < 1.29 is 54.1 Å². The number of carbonyl (C=O) groups is 2. The van der Waals surface area contributed by atoms with E-state index in [2.05, 4.69) is 6.58 Å². The summed E-state index contributed by atoms with van der Waals surface area (Å²) in [6.45, 7) is 6.28. The highest BCUT2D eigenvalue weighted by Crippen LogP contribution is 2.36. The van der Waals surface area contributed by atoms with Crippen LogP contribution in [0, 0.1) is 11.8 Å². The van der Waals surface area contributed by atoms with Crippen LogP contribution in [0.3, 0.4) is 0 Å². The van der Waals surface area contributed by atoms with E-state index in [0.29, 0.717) is 5.57 Å². The summed E-state index contributed by atoms with van der Waals surface area (Å²) < 4.78 is 21.5. The molecule has 5 N–H and O–H groups in total. The first-order valence-corrected chi connectivity index (χ1v) is 10.1. The lowest BCUT2D eigenvalue weighted by molar-refractivity contribution is -0.339. The number of esters is 1. The van der Waals surface area contributed by atoms with E-state index in [1.165, 1.54) is 6.08 Å². The molecule has 32 heavy (non-hydrogen) atoms. The number of aliphatic hydroxyl groups is 4. The Bertz CT molecular complexity index is 744. The van der Waals surface area contributed by atoms with E-state index in [9.17, 15) is 35.1 Å². The molecule has 0 amide bonds. The lowest BCUT2D eigenvalue weighted by Gasteiger charge is -2.43. The summed E-state index contributed by atoms with van der Waals surface area (Å²) in [4.78, 5) is 23.6. The minimum absolute atomic E-state index is 0.0730. The topological polar surface area (TPSA) is 172 Å². The summed E-state index contributed by atoms with van der Waals surface area (Å²) in [6, 6.07) is 0. The van der Waals surface area contributed by atoms with Crippen molar-refractivity contribution in [3.63, 3.8) is 0 Å². The van der Waals surface area contributed by atoms with Gasteiger partial charge in [0.2, 0.25) is 6.29 Å². The number of allylic oxidation sites excluding steroid dienone is 1. The molecule has 0 aromatic carbocycles. The number of aliphatic hydroxyl groups excluding tert-OH is 4. The molecule has 8 atom stereocenters. The maximum atomic E-state index is 11.9. The van der Waals surface area contributed by atoms with Crippen LogP contribution >= 0.6 is 0 Å². The second-order valence-corrected chi connectivity index (χ2v) is 7.53. The normalized spacial score (nSPS) is 35.4. The molecule has 2 rings (SSSR count). The van der Waals surface area contributed by atoms with Gasteiger partial charge < -0.3 is 44.5 Å². The van der Waals surface area contributed by atoms with E-state index in [1.54, 1.807) is 19.9 Å². The SMILES string of the molecule is C=C[C@H]1[C@H](O[C@@H]2O[C@H](CO)[C@@H](O)[C@H](O)[C@H]2O)OC=C(C(=O)O)[C@H]1CCOC(=O)/C(C)=C\C. The molecule has 0 unspecified atom stereocenters. The van der Waals surface area contributed by atoms with Crippen LogP contribution < -0.4 is 0 Å². The van der Waals surface area contributed by atoms with E-state index in [4.69, 9.17) is 18.9 Å². The Morgan fingerprint density at radius 3 is 2.44 bits per heavy atom. The fraction of sp³-hybridized carbons (Fsp3) is 0.619. The summed E-state index contributed by atoms with van der Waals surface area (Å²) in [5.74, 6) is -3.22. The van der Waals surface area contributed by atoms with Gasteiger partial charge in [-0.25, -0.2) is 9.59 Å². The molecule has 0 radical (unpaired) electrons. The molecule has 0 saturated carbocycles. The number of hydrogen-bond acceptors (Lipinski definition) is 10. The third-order valence-corrected chi connectivity index (χ3v) is 5.56. The van der Waals surface area contributed by atoms with Gasteiger partial charge in [0.05, 0.1) is 25.0 Å². The summed E-state index contributed by atoms with van der Waals surface area (Å²) in [5, 5.41) is 48.9. The Hall–Kier alpha value is -2.28. The summed E-state index contributed by atoms with van der Waals surface area (Å²) in [7, 11) is 0. The van der Waals surface area contributed by atoms with Crippen molar-refractivity contribution in [2.75, 3.05) is 13.2 Å². The van der Waals surface area contributed by atoms with Gasteiger partial charge in [-0.1, -0.05) is 12.2 Å². The van der Waals surface area contributed by atoms with E-state index in [1.807, 2.05) is 0 Å². The molecule has 2 heterocycles. The zero-order valence-electron chi connectivity index (χ0n) is 17.9. The van der Waals surface area contributed by atoms with Gasteiger partial charge in [0.25, 0.3) is 0 Å². The van der Waals surface area contributed by atoms with Crippen molar-refractivity contribution in [1.82, 2.24) is 0 Å². The molecule has 2 aliphatic rings. The highest BCUT2D eigenvalue weighted by Gasteiger charge is 2.47. The molecular weight excluding hydrogens is 428 g/mol. The van der Waals surface area contributed by atoms with Crippen molar-refractivity contribution in [2.24, 2.45) is 11.8 Å². The molecule has 11 heteroatoms. The highest BCUT2D eigenvalue weighted by molar-refractivity contribution is 5.88. The number of rotatable bonds is 9. The average Bonchev–Trinajstić information content (AvgIpc) is 2.78. The van der Waals surface area contributed by atoms with Crippen molar-refractivity contribution in [3.05, 3.63) is 36.1 Å². The fourth-order valence-electron chi connectivity index (χ4n) is 3.49. The maximum Gasteiger partial charge on any atom is 0.334 e. The van der Waals surface area contributed by atoms with E-state index in [0.717, 1.165) is 6.26 Å². The number of carboxylic acids is 1. The lowest BCUT2D eigenvalue weighted by atomic mass is 9.82. The molecule has 0 aromatic rings. The monoisotopic (exact) mass is 458 g/mol. The third-order valence-electron chi connectivity index (χ3n) is 5.56. The standard InChI is InChI=1S/C21H30O11/c1-4-10(3)19(28)29-7-6-12-11(5-2)20(30-9-13(12)18(26)27)32-21-17(25)16(24)15(23)14(8-22)31-21/h4-5,9,11-12,14-17,20-25H,2,6-8H2,1,3H3,(H,26,27)/b10-4-/t11-,12+,14-,15-,16+,17-,20+,21+/m1/s1. The first-order chi connectivity index (χ1) is 15.2. The first kappa shape index (κ1) is 26.0. The molecular formula is C21H30O11. The largest absolute Gasteiger partial charge is 0.478 e. The number of hydrogen-bond donors (Lipinski definition) is 5. The molecule has 0 bridgehead atoms. The number of carbonyl (C=O) groups excluding carboxylic acids is 1. The Kier molecular flexibility index (Phi) is 9.37. The van der Waals surface area contributed by atoms with Crippen LogP contribution in [-0.2, 0) is 28.5 Å². The molecule has 0 aliphatic carbocycles. The zero-order chi connectivity index (χ0) is 24.0. The second kappa shape index (κ2) is 11.5. The van der Waals surface area contributed by atoms with Crippen LogP contribution in [0.4, 0.5) is 0 Å².